The first-order chi connectivity index (χ1) is 10.3. The summed E-state index contributed by atoms with van der Waals surface area (Å²) < 4.78 is 61.8. The molecule has 0 radical (unpaired) electrons. The van der Waals surface area contributed by atoms with Crippen LogP contribution in [0.25, 0.3) is 0 Å². The quantitative estimate of drug-likeness (QED) is 0.385. The van der Waals surface area contributed by atoms with E-state index in [0.29, 0.717) is 6.42 Å². The van der Waals surface area contributed by atoms with Gasteiger partial charge in [-0.05, 0) is 36.8 Å². The molecule has 0 heterocycles. The standard InChI is InChI=1S/C15H21F3O3S/c1-2-3-4-8-13-9-5-6-10-14(13)11-7-12-21-22(19,20)15(16,17)18/h5-6,9-10H,2-4,7-8,11-12H2,1H3. The summed E-state index contributed by atoms with van der Waals surface area (Å²) in [7, 11) is -5.48. The molecule has 7 heteroatoms. The lowest BCUT2D eigenvalue weighted by Crippen LogP contribution is -2.26. The predicted octanol–water partition coefficient (Wildman–Crippen LogP) is 4.22. The van der Waals surface area contributed by atoms with Crippen molar-refractivity contribution in [2.75, 3.05) is 6.61 Å². The maximum atomic E-state index is 12.1. The van der Waals surface area contributed by atoms with Gasteiger partial charge in [0.1, 0.15) is 0 Å². The molecule has 0 N–H and O–H groups in total. The summed E-state index contributed by atoms with van der Waals surface area (Å²) in [5.74, 6) is 0. The van der Waals surface area contributed by atoms with Crippen LogP contribution in [0, 0.1) is 0 Å². The molecular weight excluding hydrogens is 317 g/mol. The monoisotopic (exact) mass is 338 g/mol. The van der Waals surface area contributed by atoms with Crippen LogP contribution in [-0.2, 0) is 27.1 Å². The lowest BCUT2D eigenvalue weighted by Gasteiger charge is -2.10. The van der Waals surface area contributed by atoms with E-state index in [9.17, 15) is 21.6 Å². The number of aryl methyl sites for hydroxylation is 2. The van der Waals surface area contributed by atoms with Crippen LogP contribution in [0.3, 0.4) is 0 Å². The highest BCUT2D eigenvalue weighted by Gasteiger charge is 2.47. The number of alkyl halides is 3. The molecule has 0 aliphatic heterocycles. The van der Waals surface area contributed by atoms with Gasteiger partial charge in [0.25, 0.3) is 0 Å². The van der Waals surface area contributed by atoms with Gasteiger partial charge in [0, 0.05) is 0 Å². The molecule has 0 saturated carbocycles. The summed E-state index contributed by atoms with van der Waals surface area (Å²) in [4.78, 5) is 0. The van der Waals surface area contributed by atoms with Crippen LogP contribution in [0.1, 0.15) is 43.7 Å². The van der Waals surface area contributed by atoms with E-state index < -0.39 is 22.2 Å². The van der Waals surface area contributed by atoms with E-state index in [1.807, 2.05) is 24.3 Å². The van der Waals surface area contributed by atoms with Crippen LogP contribution < -0.4 is 0 Å². The zero-order valence-electron chi connectivity index (χ0n) is 12.5. The molecule has 1 aromatic carbocycles. The van der Waals surface area contributed by atoms with Crippen LogP contribution in [0.4, 0.5) is 13.2 Å². The minimum Gasteiger partial charge on any atom is -0.263 e. The summed E-state index contributed by atoms with van der Waals surface area (Å²) in [5.41, 5.74) is -3.16. The number of unbranched alkanes of at least 4 members (excludes halogenated alkanes) is 2. The Balaban J connectivity index is 2.48. The highest BCUT2D eigenvalue weighted by atomic mass is 32.2. The molecule has 1 aromatic rings. The molecule has 126 valence electrons. The Kier molecular flexibility index (Phi) is 7.35. The van der Waals surface area contributed by atoms with Crippen molar-refractivity contribution in [1.29, 1.82) is 0 Å². The molecule has 0 aromatic heterocycles. The number of rotatable bonds is 9. The Morgan fingerprint density at radius 3 is 2.05 bits per heavy atom. The molecule has 0 aliphatic carbocycles. The summed E-state index contributed by atoms with van der Waals surface area (Å²) >= 11 is 0. The maximum absolute atomic E-state index is 12.1. The highest BCUT2D eigenvalue weighted by molar-refractivity contribution is 7.87. The van der Waals surface area contributed by atoms with Gasteiger partial charge in [-0.1, -0.05) is 44.0 Å². The molecule has 0 saturated heterocycles. The third-order valence-corrected chi connectivity index (χ3v) is 4.32. The van der Waals surface area contributed by atoms with Crippen molar-refractivity contribution in [1.82, 2.24) is 0 Å². The zero-order chi connectivity index (χ0) is 16.6. The first kappa shape index (κ1) is 19.0. The third kappa shape index (κ3) is 5.96. The second kappa shape index (κ2) is 8.53. The summed E-state index contributed by atoms with van der Waals surface area (Å²) in [6.07, 6.45) is 4.94. The molecule has 0 atom stereocenters. The van der Waals surface area contributed by atoms with Gasteiger partial charge in [-0.2, -0.15) is 21.6 Å². The number of hydrogen-bond acceptors (Lipinski definition) is 3. The van der Waals surface area contributed by atoms with Gasteiger partial charge in [0.2, 0.25) is 0 Å². The normalized spacial score (nSPS) is 12.5. The van der Waals surface area contributed by atoms with Crippen LogP contribution in [0.5, 0.6) is 0 Å². The van der Waals surface area contributed by atoms with Crippen molar-refractivity contribution in [3.63, 3.8) is 0 Å². The Bertz CT molecular complexity index is 553. The molecule has 1 rings (SSSR count). The minimum atomic E-state index is -5.48. The van der Waals surface area contributed by atoms with Gasteiger partial charge >= 0.3 is 15.6 Å². The van der Waals surface area contributed by atoms with Crippen molar-refractivity contribution < 1.29 is 25.8 Å². The SMILES string of the molecule is CCCCCc1ccccc1CCCOS(=O)(=O)C(F)(F)F. The van der Waals surface area contributed by atoms with Gasteiger partial charge in [-0.15, -0.1) is 0 Å². The summed E-state index contributed by atoms with van der Waals surface area (Å²) in [6, 6.07) is 7.71. The van der Waals surface area contributed by atoms with Crippen LogP contribution >= 0.6 is 0 Å². The van der Waals surface area contributed by atoms with E-state index in [0.717, 1.165) is 36.8 Å². The van der Waals surface area contributed by atoms with E-state index in [-0.39, 0.29) is 6.42 Å². The van der Waals surface area contributed by atoms with Crippen LogP contribution in [0.15, 0.2) is 24.3 Å². The van der Waals surface area contributed by atoms with E-state index in [4.69, 9.17) is 0 Å². The zero-order valence-corrected chi connectivity index (χ0v) is 13.3. The number of benzene rings is 1. The second-order valence-electron chi connectivity index (χ2n) is 5.05. The third-order valence-electron chi connectivity index (χ3n) is 3.28. The van der Waals surface area contributed by atoms with Gasteiger partial charge < -0.3 is 0 Å². The van der Waals surface area contributed by atoms with Gasteiger partial charge in [0.15, 0.2) is 0 Å². The topological polar surface area (TPSA) is 43.4 Å². The molecule has 0 amide bonds. The first-order valence-corrected chi connectivity index (χ1v) is 8.71. The fourth-order valence-electron chi connectivity index (χ4n) is 2.11. The Hall–Kier alpha value is -1.08. The van der Waals surface area contributed by atoms with Crippen molar-refractivity contribution >= 4 is 10.1 Å². The fraction of sp³-hybridized carbons (Fsp3) is 0.600. The van der Waals surface area contributed by atoms with Gasteiger partial charge in [-0.25, -0.2) is 0 Å². The van der Waals surface area contributed by atoms with E-state index in [1.165, 1.54) is 0 Å². The first-order valence-electron chi connectivity index (χ1n) is 7.30. The van der Waals surface area contributed by atoms with Gasteiger partial charge in [0.05, 0.1) is 6.61 Å². The molecule has 0 fully saturated rings. The highest BCUT2D eigenvalue weighted by Crippen LogP contribution is 2.24. The summed E-state index contributed by atoms with van der Waals surface area (Å²) in [6.45, 7) is 1.65. The van der Waals surface area contributed by atoms with Gasteiger partial charge in [-0.3, -0.25) is 4.18 Å². The lowest BCUT2D eigenvalue weighted by atomic mass is 9.98. The summed E-state index contributed by atoms with van der Waals surface area (Å²) in [5, 5.41) is 0. The number of halogens is 3. The largest absolute Gasteiger partial charge is 0.523 e. The van der Waals surface area contributed by atoms with Crippen molar-refractivity contribution in [3.05, 3.63) is 35.4 Å². The average Bonchev–Trinajstić information content (AvgIpc) is 2.44. The molecule has 0 bridgehead atoms. The lowest BCUT2D eigenvalue weighted by molar-refractivity contribution is -0.0542. The smallest absolute Gasteiger partial charge is 0.263 e. The molecule has 0 unspecified atom stereocenters. The Labute approximate surface area is 129 Å². The second-order valence-corrected chi connectivity index (χ2v) is 6.66. The molecule has 22 heavy (non-hydrogen) atoms. The average molecular weight is 338 g/mol. The van der Waals surface area contributed by atoms with Crippen LogP contribution in [0.2, 0.25) is 0 Å². The molecular formula is C15H21F3O3S. The van der Waals surface area contributed by atoms with E-state index in [2.05, 4.69) is 11.1 Å². The van der Waals surface area contributed by atoms with E-state index in [1.54, 1.807) is 0 Å². The van der Waals surface area contributed by atoms with Crippen molar-refractivity contribution in [3.8, 4) is 0 Å². The van der Waals surface area contributed by atoms with Crippen LogP contribution in [-0.4, -0.2) is 20.5 Å². The van der Waals surface area contributed by atoms with Crippen molar-refractivity contribution in [2.24, 2.45) is 0 Å². The van der Waals surface area contributed by atoms with Crippen molar-refractivity contribution in [2.45, 2.75) is 51.0 Å². The van der Waals surface area contributed by atoms with E-state index >= 15 is 0 Å². The fourth-order valence-corrected chi connectivity index (χ4v) is 2.58. The minimum absolute atomic E-state index is 0.222. The Morgan fingerprint density at radius 2 is 1.55 bits per heavy atom. The predicted molar refractivity (Wildman–Crippen MR) is 78.9 cm³/mol. The molecule has 0 aliphatic rings. The molecule has 3 nitrogen and oxygen atoms in total. The maximum Gasteiger partial charge on any atom is 0.523 e. The Morgan fingerprint density at radius 1 is 1.00 bits per heavy atom. The number of hydrogen-bond donors (Lipinski definition) is 0. The molecule has 0 spiro atoms.